The lowest BCUT2D eigenvalue weighted by molar-refractivity contribution is -0.274. The molecule has 1 aromatic carbocycles. The summed E-state index contributed by atoms with van der Waals surface area (Å²) in [5, 5.41) is 0. The molecule has 1 aromatic rings. The van der Waals surface area contributed by atoms with Crippen molar-refractivity contribution in [3.8, 4) is 5.75 Å². The molecule has 0 aliphatic carbocycles. The minimum absolute atomic E-state index is 0.127. The number of rotatable bonds is 3. The van der Waals surface area contributed by atoms with Gasteiger partial charge in [-0.2, -0.15) is 0 Å². The fraction of sp³-hybridized carbons (Fsp3) is 0.300. The summed E-state index contributed by atoms with van der Waals surface area (Å²) in [6, 6.07) is 6.12. The molecule has 1 nitrogen and oxygen atoms in total. The van der Waals surface area contributed by atoms with Crippen LogP contribution in [0.15, 0.2) is 24.3 Å². The van der Waals surface area contributed by atoms with Crippen molar-refractivity contribution in [2.75, 3.05) is 0 Å². The molecule has 0 aliphatic heterocycles. The number of para-hydroxylation sites is 1. The van der Waals surface area contributed by atoms with Crippen LogP contribution in [0.3, 0.4) is 0 Å². The lowest BCUT2D eigenvalue weighted by Crippen LogP contribution is -2.18. The largest absolute Gasteiger partial charge is 0.573 e. The van der Waals surface area contributed by atoms with E-state index in [2.05, 4.69) is 4.74 Å². The summed E-state index contributed by atoms with van der Waals surface area (Å²) in [5.74, 6) is -0.127. The van der Waals surface area contributed by atoms with E-state index in [0.717, 1.165) is 0 Å². The molecule has 0 N–H and O–H groups in total. The average molecular weight is 203 g/mol. The van der Waals surface area contributed by atoms with Gasteiger partial charge in [-0.25, -0.2) is 0 Å². The quantitative estimate of drug-likeness (QED) is 0.731. The van der Waals surface area contributed by atoms with E-state index in [-0.39, 0.29) is 5.75 Å². The van der Waals surface area contributed by atoms with Crippen LogP contribution in [0.2, 0.25) is 0 Å². The summed E-state index contributed by atoms with van der Waals surface area (Å²) in [6.07, 6.45) is -2.38. The van der Waals surface area contributed by atoms with E-state index in [1.165, 1.54) is 12.1 Å². The van der Waals surface area contributed by atoms with Gasteiger partial charge in [0.05, 0.1) is 0 Å². The van der Waals surface area contributed by atoms with Gasteiger partial charge < -0.3 is 4.74 Å². The molecule has 1 rings (SSSR count). The van der Waals surface area contributed by atoms with Gasteiger partial charge in [0.25, 0.3) is 0 Å². The third kappa shape index (κ3) is 3.28. The van der Waals surface area contributed by atoms with Crippen molar-refractivity contribution in [1.82, 2.24) is 0 Å². The van der Waals surface area contributed by atoms with Crippen molar-refractivity contribution in [2.24, 2.45) is 0 Å². The van der Waals surface area contributed by atoms with Crippen molar-refractivity contribution >= 4 is 0 Å². The Labute approximate surface area is 80.5 Å². The minimum atomic E-state index is -4.62. The van der Waals surface area contributed by atoms with Crippen LogP contribution in [0.1, 0.15) is 12.5 Å². The summed E-state index contributed by atoms with van der Waals surface area (Å²) in [4.78, 5) is 0. The van der Waals surface area contributed by atoms with Crippen molar-refractivity contribution in [2.45, 2.75) is 19.7 Å². The SMILES string of the molecule is C[CH]Cc1ccccc1OC(F)(F)F. The zero-order chi connectivity index (χ0) is 10.6. The van der Waals surface area contributed by atoms with Crippen LogP contribution in [-0.4, -0.2) is 6.36 Å². The van der Waals surface area contributed by atoms with Gasteiger partial charge in [-0.1, -0.05) is 25.1 Å². The summed E-state index contributed by atoms with van der Waals surface area (Å²) in [5.41, 5.74) is 0.535. The van der Waals surface area contributed by atoms with Crippen molar-refractivity contribution in [3.63, 3.8) is 0 Å². The lowest BCUT2D eigenvalue weighted by Gasteiger charge is -2.12. The Morgan fingerprint density at radius 1 is 1.29 bits per heavy atom. The standard InChI is InChI=1S/C10H10F3O/c1-2-5-8-6-3-4-7-9(8)14-10(11,12)13/h2-4,6-7H,5H2,1H3. The van der Waals surface area contributed by atoms with Gasteiger partial charge in [-0.3, -0.25) is 0 Å². The fourth-order valence-electron chi connectivity index (χ4n) is 1.12. The van der Waals surface area contributed by atoms with Crippen LogP contribution in [-0.2, 0) is 6.42 Å². The molecule has 0 heterocycles. The Morgan fingerprint density at radius 3 is 2.50 bits per heavy atom. The molecule has 77 valence electrons. The third-order valence-corrected chi connectivity index (χ3v) is 1.62. The number of ether oxygens (including phenoxy) is 1. The molecule has 14 heavy (non-hydrogen) atoms. The molecule has 0 atom stereocenters. The van der Waals surface area contributed by atoms with E-state index in [4.69, 9.17) is 0 Å². The molecule has 0 saturated heterocycles. The van der Waals surface area contributed by atoms with E-state index in [9.17, 15) is 13.2 Å². The van der Waals surface area contributed by atoms with Crippen LogP contribution in [0.4, 0.5) is 13.2 Å². The van der Waals surface area contributed by atoms with E-state index in [1.807, 2.05) is 0 Å². The van der Waals surface area contributed by atoms with Crippen molar-refractivity contribution in [1.29, 1.82) is 0 Å². The van der Waals surface area contributed by atoms with Gasteiger partial charge in [0.15, 0.2) is 0 Å². The van der Waals surface area contributed by atoms with Crippen LogP contribution in [0, 0.1) is 6.42 Å². The highest BCUT2D eigenvalue weighted by molar-refractivity contribution is 5.34. The number of benzene rings is 1. The Hall–Kier alpha value is -1.19. The number of hydrogen-bond acceptors (Lipinski definition) is 1. The second-order valence-electron chi connectivity index (χ2n) is 2.77. The maximum Gasteiger partial charge on any atom is 0.573 e. The molecule has 0 fully saturated rings. The normalized spacial score (nSPS) is 11.4. The fourth-order valence-corrected chi connectivity index (χ4v) is 1.12. The first-order valence-electron chi connectivity index (χ1n) is 4.14. The highest BCUT2D eigenvalue weighted by Gasteiger charge is 2.31. The second kappa shape index (κ2) is 4.35. The number of alkyl halides is 3. The topological polar surface area (TPSA) is 9.23 Å². The van der Waals surface area contributed by atoms with E-state index in [0.29, 0.717) is 12.0 Å². The minimum Gasteiger partial charge on any atom is -0.406 e. The molecule has 0 bridgehead atoms. The van der Waals surface area contributed by atoms with Crippen molar-refractivity contribution < 1.29 is 17.9 Å². The predicted molar refractivity (Wildman–Crippen MR) is 46.8 cm³/mol. The summed E-state index contributed by atoms with van der Waals surface area (Å²) in [6.45, 7) is 1.78. The number of hydrogen-bond donors (Lipinski definition) is 0. The summed E-state index contributed by atoms with van der Waals surface area (Å²) >= 11 is 0. The Morgan fingerprint density at radius 2 is 1.93 bits per heavy atom. The van der Waals surface area contributed by atoms with Crippen LogP contribution >= 0.6 is 0 Å². The van der Waals surface area contributed by atoms with Crippen molar-refractivity contribution in [3.05, 3.63) is 36.2 Å². The van der Waals surface area contributed by atoms with E-state index >= 15 is 0 Å². The van der Waals surface area contributed by atoms with Gasteiger partial charge in [0.1, 0.15) is 5.75 Å². The highest BCUT2D eigenvalue weighted by Crippen LogP contribution is 2.26. The first-order chi connectivity index (χ1) is 6.53. The lowest BCUT2D eigenvalue weighted by atomic mass is 10.1. The molecule has 0 spiro atoms. The molecule has 0 aliphatic rings. The van der Waals surface area contributed by atoms with E-state index < -0.39 is 6.36 Å². The average Bonchev–Trinajstić information content (AvgIpc) is 2.06. The first kappa shape index (κ1) is 10.9. The molecule has 0 aromatic heterocycles. The van der Waals surface area contributed by atoms with Crippen LogP contribution in [0.25, 0.3) is 0 Å². The van der Waals surface area contributed by atoms with Gasteiger partial charge in [0.2, 0.25) is 0 Å². The highest BCUT2D eigenvalue weighted by atomic mass is 19.4. The van der Waals surface area contributed by atoms with Gasteiger partial charge in [0, 0.05) is 0 Å². The maximum absolute atomic E-state index is 11.9. The Kier molecular flexibility index (Phi) is 3.38. The van der Waals surface area contributed by atoms with Gasteiger partial charge in [-0.15, -0.1) is 13.2 Å². The molecule has 0 saturated carbocycles. The summed E-state index contributed by atoms with van der Waals surface area (Å²) in [7, 11) is 0. The second-order valence-corrected chi connectivity index (χ2v) is 2.77. The smallest absolute Gasteiger partial charge is 0.406 e. The molecular formula is C10H10F3O. The molecule has 0 amide bonds. The van der Waals surface area contributed by atoms with Gasteiger partial charge in [-0.05, 0) is 24.5 Å². The Bertz CT molecular complexity index is 294. The number of halogens is 3. The van der Waals surface area contributed by atoms with Crippen LogP contribution in [0.5, 0.6) is 5.75 Å². The molecular weight excluding hydrogens is 193 g/mol. The molecule has 4 heteroatoms. The van der Waals surface area contributed by atoms with E-state index in [1.54, 1.807) is 25.5 Å². The zero-order valence-corrected chi connectivity index (χ0v) is 7.64. The maximum atomic E-state index is 11.9. The predicted octanol–water partition coefficient (Wildman–Crippen LogP) is 3.35. The zero-order valence-electron chi connectivity index (χ0n) is 7.64. The monoisotopic (exact) mass is 203 g/mol. The summed E-state index contributed by atoms with van der Waals surface area (Å²) < 4.78 is 39.7. The Balaban J connectivity index is 2.84. The third-order valence-electron chi connectivity index (χ3n) is 1.62. The molecule has 0 unspecified atom stereocenters. The molecule has 1 radical (unpaired) electrons. The first-order valence-corrected chi connectivity index (χ1v) is 4.14. The van der Waals surface area contributed by atoms with Gasteiger partial charge >= 0.3 is 6.36 Å². The van der Waals surface area contributed by atoms with Crippen LogP contribution < -0.4 is 4.74 Å².